The van der Waals surface area contributed by atoms with Gasteiger partial charge in [0.15, 0.2) is 0 Å². The minimum atomic E-state index is 0.424. The summed E-state index contributed by atoms with van der Waals surface area (Å²) in [7, 11) is 0. The standard InChI is InChI=1S/C15H25NS/c16-15(9-8-13-10-11-17-12-13)14-6-4-2-1-3-5-7-14/h10-12,14-15H,1-9,16H2. The molecule has 1 atom stereocenters. The first kappa shape index (κ1) is 13.1. The van der Waals surface area contributed by atoms with Gasteiger partial charge in [-0.3, -0.25) is 0 Å². The summed E-state index contributed by atoms with van der Waals surface area (Å²) < 4.78 is 0. The molecule has 1 unspecified atom stereocenters. The molecule has 17 heavy (non-hydrogen) atoms. The molecule has 0 aliphatic heterocycles. The normalized spacial score (nSPS) is 20.8. The van der Waals surface area contributed by atoms with E-state index in [0.29, 0.717) is 6.04 Å². The van der Waals surface area contributed by atoms with Gasteiger partial charge in [-0.15, -0.1) is 0 Å². The van der Waals surface area contributed by atoms with Crippen LogP contribution in [0.2, 0.25) is 0 Å². The molecule has 0 amide bonds. The van der Waals surface area contributed by atoms with Gasteiger partial charge in [-0.1, -0.05) is 32.1 Å². The Morgan fingerprint density at radius 2 is 1.88 bits per heavy atom. The van der Waals surface area contributed by atoms with Gasteiger partial charge in [0.2, 0.25) is 0 Å². The second kappa shape index (κ2) is 7.17. The molecule has 1 nitrogen and oxygen atoms in total. The monoisotopic (exact) mass is 251 g/mol. The maximum Gasteiger partial charge on any atom is 0.00703 e. The third-order valence-corrected chi connectivity index (χ3v) is 4.83. The van der Waals surface area contributed by atoms with Crippen LogP contribution in [-0.4, -0.2) is 6.04 Å². The van der Waals surface area contributed by atoms with Gasteiger partial charge in [-0.25, -0.2) is 0 Å². The fourth-order valence-electron chi connectivity index (χ4n) is 2.92. The van der Waals surface area contributed by atoms with Gasteiger partial charge in [0.25, 0.3) is 0 Å². The summed E-state index contributed by atoms with van der Waals surface area (Å²) in [4.78, 5) is 0. The van der Waals surface area contributed by atoms with Crippen molar-refractivity contribution < 1.29 is 0 Å². The lowest BCUT2D eigenvalue weighted by atomic mass is 9.84. The van der Waals surface area contributed by atoms with E-state index < -0.39 is 0 Å². The quantitative estimate of drug-likeness (QED) is 0.845. The highest BCUT2D eigenvalue weighted by Gasteiger charge is 2.18. The van der Waals surface area contributed by atoms with Gasteiger partial charge in [-0.2, -0.15) is 11.3 Å². The summed E-state index contributed by atoms with van der Waals surface area (Å²) in [6, 6.07) is 2.66. The van der Waals surface area contributed by atoms with Crippen LogP contribution >= 0.6 is 11.3 Å². The summed E-state index contributed by atoms with van der Waals surface area (Å²) >= 11 is 1.79. The van der Waals surface area contributed by atoms with Crippen LogP contribution in [0.5, 0.6) is 0 Å². The molecule has 1 heterocycles. The lowest BCUT2D eigenvalue weighted by Gasteiger charge is -2.25. The second-order valence-corrected chi connectivity index (χ2v) is 6.22. The molecule has 2 rings (SSSR count). The van der Waals surface area contributed by atoms with Crippen molar-refractivity contribution in [1.82, 2.24) is 0 Å². The van der Waals surface area contributed by atoms with E-state index in [1.807, 2.05) is 0 Å². The van der Waals surface area contributed by atoms with Crippen molar-refractivity contribution in [2.75, 3.05) is 0 Å². The van der Waals surface area contributed by atoms with Crippen molar-refractivity contribution >= 4 is 11.3 Å². The molecule has 2 N–H and O–H groups in total. The van der Waals surface area contributed by atoms with Crippen molar-refractivity contribution in [3.8, 4) is 0 Å². The van der Waals surface area contributed by atoms with Crippen molar-refractivity contribution in [2.24, 2.45) is 11.7 Å². The summed E-state index contributed by atoms with van der Waals surface area (Å²) in [5, 5.41) is 4.42. The fourth-order valence-corrected chi connectivity index (χ4v) is 3.62. The number of hydrogen-bond acceptors (Lipinski definition) is 2. The topological polar surface area (TPSA) is 26.0 Å². The van der Waals surface area contributed by atoms with Crippen LogP contribution in [0.25, 0.3) is 0 Å². The summed E-state index contributed by atoms with van der Waals surface area (Å²) in [6.45, 7) is 0. The minimum Gasteiger partial charge on any atom is -0.327 e. The fraction of sp³-hybridized carbons (Fsp3) is 0.733. The summed E-state index contributed by atoms with van der Waals surface area (Å²) in [6.07, 6.45) is 12.2. The Kier molecular flexibility index (Phi) is 5.53. The molecule has 96 valence electrons. The zero-order valence-corrected chi connectivity index (χ0v) is 11.6. The van der Waals surface area contributed by atoms with Gasteiger partial charge >= 0.3 is 0 Å². The first-order valence-corrected chi connectivity index (χ1v) is 8.07. The highest BCUT2D eigenvalue weighted by molar-refractivity contribution is 7.07. The van der Waals surface area contributed by atoms with E-state index >= 15 is 0 Å². The lowest BCUT2D eigenvalue weighted by molar-refractivity contribution is 0.313. The Morgan fingerprint density at radius 3 is 2.53 bits per heavy atom. The van der Waals surface area contributed by atoms with Crippen LogP contribution < -0.4 is 5.73 Å². The third-order valence-electron chi connectivity index (χ3n) is 4.10. The van der Waals surface area contributed by atoms with E-state index in [4.69, 9.17) is 5.73 Å². The smallest absolute Gasteiger partial charge is 0.00703 e. The first-order valence-electron chi connectivity index (χ1n) is 7.13. The zero-order valence-electron chi connectivity index (χ0n) is 10.7. The SMILES string of the molecule is NC(CCc1ccsc1)C1CCCCCCC1. The number of nitrogens with two attached hydrogens (primary N) is 1. The van der Waals surface area contributed by atoms with E-state index in [9.17, 15) is 0 Å². The predicted molar refractivity (Wildman–Crippen MR) is 76.4 cm³/mol. The number of thiophene rings is 1. The second-order valence-electron chi connectivity index (χ2n) is 5.44. The molecule has 0 saturated heterocycles. The molecule has 2 heteroatoms. The van der Waals surface area contributed by atoms with E-state index in [2.05, 4.69) is 16.8 Å². The average Bonchev–Trinajstić information content (AvgIpc) is 2.78. The highest BCUT2D eigenvalue weighted by Crippen LogP contribution is 2.26. The average molecular weight is 251 g/mol. The lowest BCUT2D eigenvalue weighted by Crippen LogP contribution is -2.31. The molecule has 0 radical (unpaired) electrons. The molecule has 1 aromatic rings. The number of aryl methyl sites for hydroxylation is 1. The minimum absolute atomic E-state index is 0.424. The zero-order chi connectivity index (χ0) is 11.9. The Hall–Kier alpha value is -0.340. The van der Waals surface area contributed by atoms with E-state index in [0.717, 1.165) is 5.92 Å². The van der Waals surface area contributed by atoms with Crippen molar-refractivity contribution in [2.45, 2.75) is 63.8 Å². The van der Waals surface area contributed by atoms with Crippen LogP contribution in [0, 0.1) is 5.92 Å². The Bertz CT molecular complexity index is 286. The molecule has 0 bridgehead atoms. The Morgan fingerprint density at radius 1 is 1.18 bits per heavy atom. The molecule has 1 aliphatic carbocycles. The maximum atomic E-state index is 6.39. The third kappa shape index (κ3) is 4.44. The number of hydrogen-bond donors (Lipinski definition) is 1. The van der Waals surface area contributed by atoms with Crippen LogP contribution in [0.15, 0.2) is 16.8 Å². The largest absolute Gasteiger partial charge is 0.327 e. The van der Waals surface area contributed by atoms with Gasteiger partial charge in [0.05, 0.1) is 0 Å². The molecule has 1 fully saturated rings. The highest BCUT2D eigenvalue weighted by atomic mass is 32.1. The molecule has 1 saturated carbocycles. The van der Waals surface area contributed by atoms with Crippen molar-refractivity contribution in [3.63, 3.8) is 0 Å². The molecule has 0 aromatic carbocycles. The van der Waals surface area contributed by atoms with Crippen molar-refractivity contribution in [3.05, 3.63) is 22.4 Å². The van der Waals surface area contributed by atoms with E-state index in [1.165, 1.54) is 63.4 Å². The Labute approximate surface area is 109 Å². The molecule has 1 aliphatic rings. The summed E-state index contributed by atoms with van der Waals surface area (Å²) in [5.41, 5.74) is 7.86. The predicted octanol–water partition coefficient (Wildman–Crippen LogP) is 4.37. The van der Waals surface area contributed by atoms with Crippen molar-refractivity contribution in [1.29, 1.82) is 0 Å². The first-order chi connectivity index (χ1) is 8.36. The van der Waals surface area contributed by atoms with Crippen LogP contribution in [0.1, 0.15) is 56.9 Å². The van der Waals surface area contributed by atoms with Crippen LogP contribution in [0.3, 0.4) is 0 Å². The van der Waals surface area contributed by atoms with Gasteiger partial charge in [0, 0.05) is 6.04 Å². The molecule has 1 aromatic heterocycles. The van der Waals surface area contributed by atoms with E-state index in [-0.39, 0.29) is 0 Å². The van der Waals surface area contributed by atoms with Crippen LogP contribution in [0.4, 0.5) is 0 Å². The summed E-state index contributed by atoms with van der Waals surface area (Å²) in [5.74, 6) is 0.786. The Balaban J connectivity index is 1.75. The van der Waals surface area contributed by atoms with E-state index in [1.54, 1.807) is 11.3 Å². The molecule has 0 spiro atoms. The van der Waals surface area contributed by atoms with Crippen LogP contribution in [-0.2, 0) is 6.42 Å². The van der Waals surface area contributed by atoms with Gasteiger partial charge in [-0.05, 0) is 54.0 Å². The molecular formula is C15H25NS. The number of rotatable bonds is 4. The van der Waals surface area contributed by atoms with Gasteiger partial charge < -0.3 is 5.73 Å². The maximum absolute atomic E-state index is 6.39. The van der Waals surface area contributed by atoms with Gasteiger partial charge in [0.1, 0.15) is 0 Å². The molecular weight excluding hydrogens is 226 g/mol.